The molecule has 0 bridgehead atoms. The summed E-state index contributed by atoms with van der Waals surface area (Å²) in [5.41, 5.74) is 0.878. The Morgan fingerprint density at radius 1 is 1.13 bits per heavy atom. The van der Waals surface area contributed by atoms with Crippen molar-refractivity contribution >= 4 is 21.6 Å². The molecule has 1 amide bonds. The molecule has 1 aliphatic heterocycles. The Hall–Kier alpha value is -3.09. The minimum atomic E-state index is -3.50. The summed E-state index contributed by atoms with van der Waals surface area (Å²) in [6.07, 6.45) is 0.893. The first-order valence-corrected chi connectivity index (χ1v) is 10.9. The molecule has 2 aromatic carbocycles. The number of hydrogen-bond acceptors (Lipinski definition) is 6. The van der Waals surface area contributed by atoms with Crippen molar-refractivity contribution in [1.29, 1.82) is 5.26 Å². The number of nitrogens with zero attached hydrogens (tertiary/aromatic N) is 2. The molecule has 0 unspecified atom stereocenters. The van der Waals surface area contributed by atoms with Gasteiger partial charge in [-0.3, -0.25) is 4.79 Å². The molecule has 0 spiro atoms. The van der Waals surface area contributed by atoms with Crippen LogP contribution in [0.25, 0.3) is 0 Å². The first kappa shape index (κ1) is 21.6. The zero-order chi connectivity index (χ0) is 21.7. The molecule has 0 aliphatic carbocycles. The van der Waals surface area contributed by atoms with E-state index in [1.54, 1.807) is 31.2 Å². The standard InChI is InChI=1S/C21H23N3O5S/c1-15(29-19-10-5-16(14-22)13-20(19)28-2)21(25)23-17-6-8-18(9-7-17)30(26,27)24-11-3-4-12-24/h5-10,13,15H,3-4,11-12H2,1-2H3,(H,23,25)/t15-/m0/s1. The Morgan fingerprint density at radius 2 is 1.80 bits per heavy atom. The maximum atomic E-state index is 12.6. The number of methoxy groups -OCH3 is 1. The molecule has 1 atom stereocenters. The summed E-state index contributed by atoms with van der Waals surface area (Å²) in [4.78, 5) is 12.7. The fourth-order valence-corrected chi connectivity index (χ4v) is 4.63. The number of anilines is 1. The summed E-state index contributed by atoms with van der Waals surface area (Å²) < 4.78 is 37.5. The molecule has 1 fully saturated rings. The summed E-state index contributed by atoms with van der Waals surface area (Å²) in [7, 11) is -2.05. The molecular formula is C21H23N3O5S. The second-order valence-electron chi connectivity index (χ2n) is 6.86. The van der Waals surface area contributed by atoms with E-state index in [4.69, 9.17) is 14.7 Å². The van der Waals surface area contributed by atoms with Gasteiger partial charge in [0.25, 0.3) is 5.91 Å². The number of carbonyl (C=O) groups is 1. The molecule has 30 heavy (non-hydrogen) atoms. The van der Waals surface area contributed by atoms with Crippen LogP contribution in [0.5, 0.6) is 11.5 Å². The first-order valence-electron chi connectivity index (χ1n) is 9.51. The van der Waals surface area contributed by atoms with Gasteiger partial charge >= 0.3 is 0 Å². The minimum absolute atomic E-state index is 0.203. The summed E-state index contributed by atoms with van der Waals surface area (Å²) in [6.45, 7) is 2.65. The zero-order valence-corrected chi connectivity index (χ0v) is 17.6. The third-order valence-corrected chi connectivity index (χ3v) is 6.70. The largest absolute Gasteiger partial charge is 0.493 e. The highest BCUT2D eigenvalue weighted by atomic mass is 32.2. The van der Waals surface area contributed by atoms with Gasteiger partial charge in [0, 0.05) is 24.8 Å². The number of rotatable bonds is 7. The van der Waals surface area contributed by atoms with Gasteiger partial charge in [0.15, 0.2) is 17.6 Å². The van der Waals surface area contributed by atoms with Crippen molar-refractivity contribution in [2.45, 2.75) is 30.8 Å². The van der Waals surface area contributed by atoms with E-state index in [2.05, 4.69) is 5.32 Å². The van der Waals surface area contributed by atoms with Crippen molar-refractivity contribution in [3.8, 4) is 17.6 Å². The number of nitrogens with one attached hydrogen (secondary N) is 1. The highest BCUT2D eigenvalue weighted by Crippen LogP contribution is 2.29. The lowest BCUT2D eigenvalue weighted by Crippen LogP contribution is -2.30. The number of nitriles is 1. The van der Waals surface area contributed by atoms with Gasteiger partial charge in [-0.25, -0.2) is 8.42 Å². The number of amides is 1. The molecule has 3 rings (SSSR count). The molecule has 0 saturated carbocycles. The van der Waals surface area contributed by atoms with Gasteiger partial charge in [-0.2, -0.15) is 9.57 Å². The van der Waals surface area contributed by atoms with E-state index in [0.29, 0.717) is 35.8 Å². The molecular weight excluding hydrogens is 406 g/mol. The average Bonchev–Trinajstić information content (AvgIpc) is 3.30. The Morgan fingerprint density at radius 3 is 2.40 bits per heavy atom. The van der Waals surface area contributed by atoms with Crippen LogP contribution in [0, 0.1) is 11.3 Å². The Labute approximate surface area is 176 Å². The van der Waals surface area contributed by atoms with Crippen LogP contribution < -0.4 is 14.8 Å². The van der Waals surface area contributed by atoms with Crippen molar-refractivity contribution in [2.24, 2.45) is 0 Å². The van der Waals surface area contributed by atoms with E-state index in [1.165, 1.54) is 29.6 Å². The molecule has 158 valence electrons. The van der Waals surface area contributed by atoms with Crippen LogP contribution in [0.4, 0.5) is 5.69 Å². The van der Waals surface area contributed by atoms with Gasteiger partial charge < -0.3 is 14.8 Å². The highest BCUT2D eigenvalue weighted by Gasteiger charge is 2.27. The molecule has 1 heterocycles. The van der Waals surface area contributed by atoms with Crippen molar-refractivity contribution in [1.82, 2.24) is 4.31 Å². The SMILES string of the molecule is COc1cc(C#N)ccc1O[C@@H](C)C(=O)Nc1ccc(S(=O)(=O)N2CCCC2)cc1. The van der Waals surface area contributed by atoms with Crippen LogP contribution in [0.15, 0.2) is 47.4 Å². The summed E-state index contributed by atoms with van der Waals surface area (Å²) in [5, 5.41) is 11.7. The second kappa shape index (κ2) is 9.15. The zero-order valence-electron chi connectivity index (χ0n) is 16.8. The average molecular weight is 429 g/mol. The third-order valence-electron chi connectivity index (χ3n) is 4.79. The molecule has 0 radical (unpaired) electrons. The van der Waals surface area contributed by atoms with Crippen LogP contribution in [0.3, 0.4) is 0 Å². The highest BCUT2D eigenvalue weighted by molar-refractivity contribution is 7.89. The predicted octanol–water partition coefficient (Wildman–Crippen LogP) is 2.76. The maximum absolute atomic E-state index is 12.6. The first-order chi connectivity index (χ1) is 14.3. The fourth-order valence-electron chi connectivity index (χ4n) is 3.11. The van der Waals surface area contributed by atoms with E-state index in [1.807, 2.05) is 6.07 Å². The number of sulfonamides is 1. The number of benzene rings is 2. The quantitative estimate of drug-likeness (QED) is 0.725. The smallest absolute Gasteiger partial charge is 0.265 e. The van der Waals surface area contributed by atoms with Crippen LogP contribution in [-0.2, 0) is 14.8 Å². The van der Waals surface area contributed by atoms with E-state index >= 15 is 0 Å². The minimum Gasteiger partial charge on any atom is -0.493 e. The van der Waals surface area contributed by atoms with E-state index in [-0.39, 0.29) is 4.90 Å². The normalized spacial score (nSPS) is 15.2. The Kier molecular flexibility index (Phi) is 6.59. The Bertz CT molecular complexity index is 1060. The van der Waals surface area contributed by atoms with E-state index in [9.17, 15) is 13.2 Å². The van der Waals surface area contributed by atoms with Crippen molar-refractivity contribution in [2.75, 3.05) is 25.5 Å². The third kappa shape index (κ3) is 4.72. The van der Waals surface area contributed by atoms with Gasteiger partial charge in [0.05, 0.1) is 23.6 Å². The fraction of sp³-hybridized carbons (Fsp3) is 0.333. The lowest BCUT2D eigenvalue weighted by Gasteiger charge is -2.17. The molecule has 1 saturated heterocycles. The predicted molar refractivity (Wildman–Crippen MR) is 111 cm³/mol. The van der Waals surface area contributed by atoms with Crippen LogP contribution in [-0.4, -0.2) is 44.9 Å². The Balaban J connectivity index is 1.65. The van der Waals surface area contributed by atoms with Crippen LogP contribution in [0.1, 0.15) is 25.3 Å². The van der Waals surface area contributed by atoms with Crippen molar-refractivity contribution in [3.63, 3.8) is 0 Å². The molecule has 8 nitrogen and oxygen atoms in total. The number of carbonyl (C=O) groups excluding carboxylic acids is 1. The van der Waals surface area contributed by atoms with Gasteiger partial charge in [0.2, 0.25) is 10.0 Å². The monoisotopic (exact) mass is 429 g/mol. The molecule has 1 N–H and O–H groups in total. The second-order valence-corrected chi connectivity index (χ2v) is 8.80. The summed E-state index contributed by atoms with van der Waals surface area (Å²) >= 11 is 0. The lowest BCUT2D eigenvalue weighted by molar-refractivity contribution is -0.122. The molecule has 9 heteroatoms. The van der Waals surface area contributed by atoms with Crippen molar-refractivity contribution in [3.05, 3.63) is 48.0 Å². The van der Waals surface area contributed by atoms with Crippen molar-refractivity contribution < 1.29 is 22.7 Å². The summed E-state index contributed by atoms with van der Waals surface area (Å²) in [6, 6.07) is 12.7. The number of ether oxygens (including phenoxy) is 2. The lowest BCUT2D eigenvalue weighted by atomic mass is 10.2. The molecule has 2 aromatic rings. The summed E-state index contributed by atoms with van der Waals surface area (Å²) in [5.74, 6) is 0.285. The molecule has 0 aromatic heterocycles. The van der Waals surface area contributed by atoms with Gasteiger partial charge in [-0.1, -0.05) is 0 Å². The van der Waals surface area contributed by atoms with E-state index < -0.39 is 22.0 Å². The maximum Gasteiger partial charge on any atom is 0.265 e. The van der Waals surface area contributed by atoms with E-state index in [0.717, 1.165) is 12.8 Å². The van der Waals surface area contributed by atoms with Crippen LogP contribution in [0.2, 0.25) is 0 Å². The van der Waals surface area contributed by atoms with Gasteiger partial charge in [-0.15, -0.1) is 0 Å². The molecule has 1 aliphatic rings. The van der Waals surface area contributed by atoms with Crippen LogP contribution >= 0.6 is 0 Å². The number of hydrogen-bond donors (Lipinski definition) is 1. The van der Waals surface area contributed by atoms with Gasteiger partial charge in [0.1, 0.15) is 0 Å². The van der Waals surface area contributed by atoms with Gasteiger partial charge in [-0.05, 0) is 56.2 Å². The topological polar surface area (TPSA) is 109 Å².